The van der Waals surface area contributed by atoms with Crippen molar-refractivity contribution < 1.29 is 23.6 Å². The number of nitrogens with zero attached hydrogens (tertiary/aromatic N) is 2. The Balaban J connectivity index is 3.54. The zero-order valence-electron chi connectivity index (χ0n) is 7.35. The fraction of sp³-hybridized carbons (Fsp3) is 0.143. The number of nitro groups is 1. The van der Waals surface area contributed by atoms with Crippen molar-refractivity contribution in [3.8, 4) is 5.75 Å². The molecule has 0 radical (unpaired) electrons. The summed E-state index contributed by atoms with van der Waals surface area (Å²) < 4.78 is 24.7. The first-order chi connectivity index (χ1) is 7.36. The molecule has 16 heavy (non-hydrogen) atoms. The Morgan fingerprint density at radius 2 is 2.19 bits per heavy atom. The van der Waals surface area contributed by atoms with Crippen molar-refractivity contribution in [3.63, 3.8) is 0 Å². The Hall–Kier alpha value is -1.83. The number of aromatic hydroxyl groups is 1. The van der Waals surface area contributed by atoms with Crippen LogP contribution in [-0.4, -0.2) is 20.3 Å². The lowest BCUT2D eigenvalue weighted by molar-refractivity contribution is -0.387. The molecular weight excluding hydrogens is 250 g/mol. The minimum atomic E-state index is -3.20. The van der Waals surface area contributed by atoms with Gasteiger partial charge in [0.1, 0.15) is 5.56 Å². The van der Waals surface area contributed by atoms with E-state index in [0.29, 0.717) is 6.20 Å². The van der Waals surface area contributed by atoms with Crippen molar-refractivity contribution in [2.45, 2.75) is 6.43 Å². The summed E-state index contributed by atoms with van der Waals surface area (Å²) in [6.45, 7) is 0. The smallest absolute Gasteiger partial charge is 0.323 e. The monoisotopic (exact) mass is 252 g/mol. The molecular formula is C7H3ClF2N2O4. The largest absolute Gasteiger partial charge is 0.500 e. The summed E-state index contributed by atoms with van der Waals surface area (Å²) in [5.74, 6) is -1.26. The van der Waals surface area contributed by atoms with Crippen LogP contribution in [0.15, 0.2) is 6.20 Å². The predicted octanol–water partition coefficient (Wildman–Crippen LogP) is 2.01. The molecule has 0 aromatic carbocycles. The Morgan fingerprint density at radius 3 is 2.56 bits per heavy atom. The van der Waals surface area contributed by atoms with E-state index >= 15 is 0 Å². The summed E-state index contributed by atoms with van der Waals surface area (Å²) in [5, 5.41) is 18.4. The second-order valence-electron chi connectivity index (χ2n) is 2.59. The minimum Gasteiger partial charge on any atom is -0.500 e. The summed E-state index contributed by atoms with van der Waals surface area (Å²) in [4.78, 5) is 23.0. The Morgan fingerprint density at radius 1 is 1.62 bits per heavy atom. The van der Waals surface area contributed by atoms with E-state index in [-0.39, 0.29) is 0 Å². The first-order valence-corrected chi connectivity index (χ1v) is 4.08. The molecule has 1 rings (SSSR count). The van der Waals surface area contributed by atoms with Gasteiger partial charge < -0.3 is 5.11 Å². The summed E-state index contributed by atoms with van der Waals surface area (Å²) >= 11 is 4.95. The molecule has 0 atom stereocenters. The predicted molar refractivity (Wildman–Crippen MR) is 47.7 cm³/mol. The van der Waals surface area contributed by atoms with Gasteiger partial charge >= 0.3 is 5.69 Å². The number of rotatable bonds is 3. The van der Waals surface area contributed by atoms with Crippen LogP contribution in [0, 0.1) is 10.1 Å². The quantitative estimate of drug-likeness (QED) is 0.504. The van der Waals surface area contributed by atoms with E-state index in [0.717, 1.165) is 0 Å². The van der Waals surface area contributed by atoms with Gasteiger partial charge in [-0.3, -0.25) is 14.9 Å². The highest BCUT2D eigenvalue weighted by molar-refractivity contribution is 6.67. The normalized spacial score (nSPS) is 10.5. The standard InChI is InChI=1S/C7H3ClF2N2O4/c8-6(14)3-5(13)4(12(15)16)2(1-11-3)7(9)10/h1,7,13H. The van der Waals surface area contributed by atoms with Crippen molar-refractivity contribution in [3.05, 3.63) is 27.6 Å². The van der Waals surface area contributed by atoms with E-state index in [1.807, 2.05) is 0 Å². The van der Waals surface area contributed by atoms with Crippen LogP contribution < -0.4 is 0 Å². The number of hydrogen-bond donors (Lipinski definition) is 1. The van der Waals surface area contributed by atoms with Gasteiger partial charge in [-0.1, -0.05) is 0 Å². The van der Waals surface area contributed by atoms with Crippen LogP contribution in [0.3, 0.4) is 0 Å². The highest BCUT2D eigenvalue weighted by atomic mass is 35.5. The summed E-state index contributed by atoms with van der Waals surface area (Å²) in [7, 11) is 0. The zero-order chi connectivity index (χ0) is 12.5. The average molecular weight is 253 g/mol. The van der Waals surface area contributed by atoms with Gasteiger partial charge in [-0.25, -0.2) is 13.8 Å². The van der Waals surface area contributed by atoms with E-state index in [2.05, 4.69) is 4.98 Å². The fourth-order valence-electron chi connectivity index (χ4n) is 1.00. The van der Waals surface area contributed by atoms with Crippen molar-refractivity contribution >= 4 is 22.5 Å². The number of carbonyl (C=O) groups excluding carboxylic acids is 1. The van der Waals surface area contributed by atoms with Crippen LogP contribution in [0.4, 0.5) is 14.5 Å². The molecule has 1 aromatic heterocycles. The zero-order valence-corrected chi connectivity index (χ0v) is 8.11. The number of hydrogen-bond acceptors (Lipinski definition) is 5. The molecule has 0 saturated heterocycles. The third-order valence-corrected chi connectivity index (χ3v) is 1.84. The maximum Gasteiger partial charge on any atom is 0.323 e. The summed E-state index contributed by atoms with van der Waals surface area (Å²) in [6.07, 6.45) is -2.77. The molecule has 0 bridgehead atoms. The van der Waals surface area contributed by atoms with Crippen molar-refractivity contribution in [2.75, 3.05) is 0 Å². The van der Waals surface area contributed by atoms with Crippen molar-refractivity contribution in [1.82, 2.24) is 4.98 Å². The molecule has 86 valence electrons. The maximum absolute atomic E-state index is 12.3. The molecule has 0 saturated carbocycles. The fourth-order valence-corrected chi connectivity index (χ4v) is 1.14. The molecule has 0 aliphatic rings. The van der Waals surface area contributed by atoms with E-state index in [1.54, 1.807) is 0 Å². The molecule has 0 fully saturated rings. The van der Waals surface area contributed by atoms with E-state index in [4.69, 9.17) is 11.6 Å². The molecule has 0 amide bonds. The van der Waals surface area contributed by atoms with Crippen LogP contribution in [0.2, 0.25) is 0 Å². The lowest BCUT2D eigenvalue weighted by Crippen LogP contribution is -2.03. The molecule has 1 N–H and O–H groups in total. The van der Waals surface area contributed by atoms with E-state index in [9.17, 15) is 28.8 Å². The van der Waals surface area contributed by atoms with Crippen molar-refractivity contribution in [2.24, 2.45) is 0 Å². The summed E-state index contributed by atoms with van der Waals surface area (Å²) in [6, 6.07) is 0. The lowest BCUT2D eigenvalue weighted by atomic mass is 10.2. The number of aromatic nitrogens is 1. The van der Waals surface area contributed by atoms with Gasteiger partial charge in [-0.2, -0.15) is 0 Å². The van der Waals surface area contributed by atoms with Crippen LogP contribution in [-0.2, 0) is 0 Å². The Kier molecular flexibility index (Phi) is 3.33. The van der Waals surface area contributed by atoms with Gasteiger partial charge in [0, 0.05) is 6.20 Å². The van der Waals surface area contributed by atoms with Gasteiger partial charge in [0.2, 0.25) is 5.75 Å². The van der Waals surface area contributed by atoms with Crippen LogP contribution >= 0.6 is 11.6 Å². The third-order valence-electron chi connectivity index (χ3n) is 1.66. The number of halogens is 3. The van der Waals surface area contributed by atoms with Gasteiger partial charge in [0.15, 0.2) is 5.69 Å². The molecule has 9 heteroatoms. The van der Waals surface area contributed by atoms with Crippen LogP contribution in [0.5, 0.6) is 5.75 Å². The molecule has 1 heterocycles. The molecule has 0 unspecified atom stereocenters. The second kappa shape index (κ2) is 4.35. The first-order valence-electron chi connectivity index (χ1n) is 3.70. The maximum atomic E-state index is 12.3. The van der Waals surface area contributed by atoms with E-state index < -0.39 is 39.3 Å². The highest BCUT2D eigenvalue weighted by Gasteiger charge is 2.30. The number of carbonyl (C=O) groups is 1. The van der Waals surface area contributed by atoms with Gasteiger partial charge in [0.25, 0.3) is 11.7 Å². The minimum absolute atomic E-state index is 0.429. The SMILES string of the molecule is O=C(Cl)c1ncc(C(F)F)c([N+](=O)[O-])c1O. The Labute approximate surface area is 91.6 Å². The molecule has 0 aliphatic heterocycles. The topological polar surface area (TPSA) is 93.3 Å². The second-order valence-corrected chi connectivity index (χ2v) is 2.93. The Bertz CT molecular complexity index is 466. The van der Waals surface area contributed by atoms with Crippen molar-refractivity contribution in [1.29, 1.82) is 0 Å². The van der Waals surface area contributed by atoms with Crippen LogP contribution in [0.1, 0.15) is 22.5 Å². The molecule has 0 aliphatic carbocycles. The third kappa shape index (κ3) is 2.06. The molecule has 0 spiro atoms. The van der Waals surface area contributed by atoms with Crippen LogP contribution in [0.25, 0.3) is 0 Å². The molecule has 6 nitrogen and oxygen atoms in total. The lowest BCUT2D eigenvalue weighted by Gasteiger charge is -2.04. The van der Waals surface area contributed by atoms with Gasteiger partial charge in [-0.15, -0.1) is 0 Å². The van der Waals surface area contributed by atoms with Gasteiger partial charge in [-0.05, 0) is 11.6 Å². The average Bonchev–Trinajstić information content (AvgIpc) is 2.15. The summed E-state index contributed by atoms with van der Waals surface area (Å²) in [5.41, 5.74) is -3.18. The van der Waals surface area contributed by atoms with E-state index in [1.165, 1.54) is 0 Å². The number of pyridine rings is 1. The molecule has 1 aromatic rings. The van der Waals surface area contributed by atoms with Gasteiger partial charge in [0.05, 0.1) is 4.92 Å². The highest BCUT2D eigenvalue weighted by Crippen LogP contribution is 2.37. The first kappa shape index (κ1) is 12.2. The number of alkyl halides is 2.